The molecule has 0 unspecified atom stereocenters. The molecule has 2 saturated heterocycles. The summed E-state index contributed by atoms with van der Waals surface area (Å²) < 4.78 is 24.9. The Bertz CT molecular complexity index is 1160. The van der Waals surface area contributed by atoms with Crippen LogP contribution < -0.4 is 4.74 Å². The maximum absolute atomic E-state index is 12.4. The maximum atomic E-state index is 12.4. The third-order valence-corrected chi connectivity index (χ3v) is 9.67. The number of hydrogen-bond acceptors (Lipinski definition) is 6. The number of ether oxygens (including phenoxy) is 4. The van der Waals surface area contributed by atoms with E-state index >= 15 is 0 Å². The van der Waals surface area contributed by atoms with Gasteiger partial charge in [0.2, 0.25) is 0 Å². The van der Waals surface area contributed by atoms with Crippen molar-refractivity contribution in [2.24, 2.45) is 11.8 Å². The highest BCUT2D eigenvalue weighted by atomic mass is 16.6. The topological polar surface area (TPSA) is 71.1 Å². The molecule has 0 saturated carbocycles. The molecule has 2 aliphatic carbocycles. The average Bonchev–Trinajstić information content (AvgIpc) is 3.43. The number of esters is 2. The van der Waals surface area contributed by atoms with Gasteiger partial charge in [-0.05, 0) is 81.2 Å². The molecule has 0 amide bonds. The quantitative estimate of drug-likeness (QED) is 0.586. The van der Waals surface area contributed by atoms with Crippen molar-refractivity contribution in [1.82, 2.24) is 0 Å². The van der Waals surface area contributed by atoms with Gasteiger partial charge in [-0.1, -0.05) is 6.92 Å². The first-order valence-corrected chi connectivity index (χ1v) is 12.8. The van der Waals surface area contributed by atoms with Crippen LogP contribution in [0.4, 0.5) is 0 Å². The van der Waals surface area contributed by atoms with Crippen LogP contribution in [-0.2, 0) is 43.1 Å². The number of hydrogen-bond donors (Lipinski definition) is 0. The molecule has 0 bridgehead atoms. The van der Waals surface area contributed by atoms with Gasteiger partial charge in [-0.25, -0.2) is 4.79 Å². The van der Waals surface area contributed by atoms with Gasteiger partial charge < -0.3 is 18.9 Å². The number of rotatable bonds is 1. The van der Waals surface area contributed by atoms with Crippen LogP contribution in [0.15, 0.2) is 17.7 Å². The van der Waals surface area contributed by atoms with Crippen molar-refractivity contribution < 1.29 is 28.5 Å². The second-order valence-corrected chi connectivity index (χ2v) is 11.8. The van der Waals surface area contributed by atoms with E-state index in [1.807, 2.05) is 6.08 Å². The molecule has 2 fully saturated rings. The lowest BCUT2D eigenvalue weighted by Crippen LogP contribution is -2.46. The molecule has 4 aliphatic heterocycles. The summed E-state index contributed by atoms with van der Waals surface area (Å²) in [5.41, 5.74) is 5.25. The van der Waals surface area contributed by atoms with Gasteiger partial charge in [-0.3, -0.25) is 4.79 Å². The summed E-state index contributed by atoms with van der Waals surface area (Å²) in [6.45, 7) is 8.34. The molecule has 0 N–H and O–H groups in total. The summed E-state index contributed by atoms with van der Waals surface area (Å²) >= 11 is 0. The van der Waals surface area contributed by atoms with E-state index in [0.717, 1.165) is 31.4 Å². The Kier molecular flexibility index (Phi) is 4.11. The number of benzene rings is 1. The van der Waals surface area contributed by atoms with E-state index in [0.29, 0.717) is 24.3 Å². The second kappa shape index (κ2) is 6.66. The van der Waals surface area contributed by atoms with E-state index < -0.39 is 5.60 Å². The Morgan fingerprint density at radius 2 is 1.85 bits per heavy atom. The fourth-order valence-electron chi connectivity index (χ4n) is 8.20. The van der Waals surface area contributed by atoms with E-state index in [2.05, 4.69) is 26.8 Å². The summed E-state index contributed by atoms with van der Waals surface area (Å²) in [5.74, 6) is 1.39. The molecule has 6 heteroatoms. The maximum Gasteiger partial charge on any atom is 0.334 e. The average molecular weight is 465 g/mol. The smallest absolute Gasteiger partial charge is 0.334 e. The first-order chi connectivity index (χ1) is 16.2. The molecule has 7 rings (SSSR count). The molecule has 0 radical (unpaired) electrons. The largest absolute Gasteiger partial charge is 0.486 e. The predicted octanol–water partition coefficient (Wildman–Crippen LogP) is 3.95. The van der Waals surface area contributed by atoms with Crippen molar-refractivity contribution in [3.63, 3.8) is 0 Å². The highest BCUT2D eigenvalue weighted by Gasteiger charge is 2.66. The lowest BCUT2D eigenvalue weighted by Gasteiger charge is -2.38. The summed E-state index contributed by atoms with van der Waals surface area (Å²) in [6.07, 6.45) is 6.30. The predicted molar refractivity (Wildman–Crippen MR) is 123 cm³/mol. The number of fused-ring (bicyclic) bond motifs is 2. The molecule has 4 heterocycles. The number of carbonyl (C=O) groups excluding carboxylic acids is 2. The minimum Gasteiger partial charge on any atom is -0.486 e. The lowest BCUT2D eigenvalue weighted by atomic mass is 9.74. The Morgan fingerprint density at radius 1 is 1.06 bits per heavy atom. The summed E-state index contributed by atoms with van der Waals surface area (Å²) in [5, 5.41) is 0. The van der Waals surface area contributed by atoms with Gasteiger partial charge in [-0.2, -0.15) is 0 Å². The Morgan fingerprint density at radius 3 is 2.62 bits per heavy atom. The van der Waals surface area contributed by atoms with Crippen LogP contribution in [0.2, 0.25) is 0 Å². The Balaban J connectivity index is 1.31. The normalized spacial score (nSPS) is 40.9. The summed E-state index contributed by atoms with van der Waals surface area (Å²) in [4.78, 5) is 24.5. The van der Waals surface area contributed by atoms with E-state index in [4.69, 9.17) is 18.9 Å². The molecular formula is C28H32O6. The molecule has 6 aliphatic rings. The van der Waals surface area contributed by atoms with Crippen molar-refractivity contribution in [2.75, 3.05) is 0 Å². The summed E-state index contributed by atoms with van der Waals surface area (Å²) in [6, 6.07) is 2.21. The van der Waals surface area contributed by atoms with Gasteiger partial charge in [0, 0.05) is 29.4 Å². The van der Waals surface area contributed by atoms with Crippen molar-refractivity contribution in [3.8, 4) is 5.75 Å². The third kappa shape index (κ3) is 2.61. The van der Waals surface area contributed by atoms with E-state index in [-0.39, 0.29) is 47.7 Å². The van der Waals surface area contributed by atoms with Crippen LogP contribution in [0.1, 0.15) is 75.1 Å². The molecule has 1 aromatic rings. The number of cyclic esters (lactones) is 1. The van der Waals surface area contributed by atoms with Crippen LogP contribution in [0, 0.1) is 11.8 Å². The van der Waals surface area contributed by atoms with E-state index in [1.54, 1.807) is 6.92 Å². The molecule has 34 heavy (non-hydrogen) atoms. The molecule has 7 atom stereocenters. The molecular weight excluding hydrogens is 432 g/mol. The SMILES string of the molecule is CC1=C[C@@H]([C@H]2Oc3cc4c(c5c3[C@H](CC5)[C@@H]2C)CC[C@H]2C(C)(C)O[C@@H]3CC(=O)O[C@@]32C4)OC1=O. The van der Waals surface area contributed by atoms with Crippen molar-refractivity contribution in [2.45, 2.75) is 102 Å². The fourth-order valence-corrected chi connectivity index (χ4v) is 8.20. The third-order valence-electron chi connectivity index (χ3n) is 9.67. The second-order valence-electron chi connectivity index (χ2n) is 11.8. The van der Waals surface area contributed by atoms with E-state index in [9.17, 15) is 9.59 Å². The zero-order valence-electron chi connectivity index (χ0n) is 20.3. The first-order valence-electron chi connectivity index (χ1n) is 12.8. The van der Waals surface area contributed by atoms with Gasteiger partial charge in [0.15, 0.2) is 6.10 Å². The van der Waals surface area contributed by atoms with E-state index in [1.165, 1.54) is 22.3 Å². The highest BCUT2D eigenvalue weighted by molar-refractivity contribution is 5.90. The van der Waals surface area contributed by atoms with Crippen LogP contribution >= 0.6 is 0 Å². The zero-order chi connectivity index (χ0) is 23.6. The van der Waals surface area contributed by atoms with Crippen molar-refractivity contribution in [1.29, 1.82) is 0 Å². The monoisotopic (exact) mass is 464 g/mol. The van der Waals surface area contributed by atoms with Crippen molar-refractivity contribution in [3.05, 3.63) is 40.0 Å². The Hall–Kier alpha value is -2.34. The molecule has 6 nitrogen and oxygen atoms in total. The molecule has 1 aromatic carbocycles. The van der Waals surface area contributed by atoms with Gasteiger partial charge >= 0.3 is 11.9 Å². The van der Waals surface area contributed by atoms with Gasteiger partial charge in [0.25, 0.3) is 0 Å². The first kappa shape index (κ1) is 21.0. The summed E-state index contributed by atoms with van der Waals surface area (Å²) in [7, 11) is 0. The molecule has 1 spiro atoms. The standard InChI is InChI=1S/C28H32O6/c1-13-9-20(32-26(13)30)25-14(2)16-5-6-18-17-7-8-21-27(3,4)33-22-11-23(29)34-28(21,22)12-15(17)10-19(31-25)24(16)18/h9-10,14,16,20-22,25H,5-8,11-12H2,1-4H3/t14-,16+,20-,21-,22+,25-,28+/m0/s1. The highest BCUT2D eigenvalue weighted by Crippen LogP contribution is 2.58. The minimum atomic E-state index is -0.590. The fraction of sp³-hybridized carbons (Fsp3) is 0.643. The van der Waals surface area contributed by atoms with Crippen LogP contribution in [-0.4, -0.2) is 41.5 Å². The van der Waals surface area contributed by atoms with Gasteiger partial charge in [-0.15, -0.1) is 0 Å². The van der Waals surface area contributed by atoms with Crippen molar-refractivity contribution >= 4 is 11.9 Å². The van der Waals surface area contributed by atoms with Crippen LogP contribution in [0.5, 0.6) is 5.75 Å². The molecule has 180 valence electrons. The zero-order valence-corrected chi connectivity index (χ0v) is 20.3. The lowest BCUT2D eigenvalue weighted by molar-refractivity contribution is -0.153. The Labute approximate surface area is 200 Å². The molecule has 0 aromatic heterocycles. The number of carbonyl (C=O) groups is 2. The van der Waals surface area contributed by atoms with Crippen LogP contribution in [0.25, 0.3) is 0 Å². The minimum absolute atomic E-state index is 0.146. The van der Waals surface area contributed by atoms with Crippen LogP contribution in [0.3, 0.4) is 0 Å². The van der Waals surface area contributed by atoms with Gasteiger partial charge in [0.05, 0.1) is 12.0 Å². The van der Waals surface area contributed by atoms with Gasteiger partial charge in [0.1, 0.15) is 23.6 Å².